The van der Waals surface area contributed by atoms with E-state index >= 15 is 0 Å². The van der Waals surface area contributed by atoms with Crippen LogP contribution in [0.4, 0.5) is 5.69 Å². The van der Waals surface area contributed by atoms with Crippen LogP contribution in [0.2, 0.25) is 0 Å². The number of hydrogen-bond acceptors (Lipinski definition) is 3. The maximum absolute atomic E-state index is 12.3. The topological polar surface area (TPSA) is 50.4 Å². The van der Waals surface area contributed by atoms with Crippen molar-refractivity contribution in [3.05, 3.63) is 29.8 Å². The van der Waals surface area contributed by atoms with Gasteiger partial charge in [-0.15, -0.1) is 0 Å². The van der Waals surface area contributed by atoms with E-state index in [0.29, 0.717) is 12.2 Å². The SMILES string of the molecule is CCCNc1ccc(C(=O)NC2(C)CCOC2C)cc1. The number of anilines is 1. The molecule has 1 saturated heterocycles. The number of nitrogens with one attached hydrogen (secondary N) is 2. The van der Waals surface area contributed by atoms with Gasteiger partial charge in [0.2, 0.25) is 0 Å². The van der Waals surface area contributed by atoms with Crippen molar-refractivity contribution in [2.75, 3.05) is 18.5 Å². The van der Waals surface area contributed by atoms with Gasteiger partial charge < -0.3 is 15.4 Å². The first-order chi connectivity index (χ1) is 9.55. The van der Waals surface area contributed by atoms with Gasteiger partial charge in [-0.3, -0.25) is 4.79 Å². The standard InChI is InChI=1S/C16H24N2O2/c1-4-10-17-14-7-5-13(6-8-14)15(19)18-16(3)9-11-20-12(16)2/h5-8,12,17H,4,9-11H2,1-3H3,(H,18,19). The number of hydrogen-bond donors (Lipinski definition) is 2. The second-order valence-corrected chi connectivity index (χ2v) is 5.64. The van der Waals surface area contributed by atoms with Crippen LogP contribution in [0.3, 0.4) is 0 Å². The Labute approximate surface area is 120 Å². The van der Waals surface area contributed by atoms with Crippen LogP contribution >= 0.6 is 0 Å². The van der Waals surface area contributed by atoms with E-state index in [1.165, 1.54) is 0 Å². The van der Waals surface area contributed by atoms with Crippen molar-refractivity contribution in [2.45, 2.75) is 45.3 Å². The molecule has 0 aliphatic carbocycles. The zero-order valence-electron chi connectivity index (χ0n) is 12.5. The summed E-state index contributed by atoms with van der Waals surface area (Å²) >= 11 is 0. The lowest BCUT2D eigenvalue weighted by molar-refractivity contribution is 0.0727. The number of amides is 1. The van der Waals surface area contributed by atoms with E-state index in [-0.39, 0.29) is 17.6 Å². The molecular weight excluding hydrogens is 252 g/mol. The smallest absolute Gasteiger partial charge is 0.251 e. The molecule has 1 aliphatic rings. The summed E-state index contributed by atoms with van der Waals surface area (Å²) in [4.78, 5) is 12.3. The van der Waals surface area contributed by atoms with Crippen LogP contribution in [0.25, 0.3) is 0 Å². The largest absolute Gasteiger partial charge is 0.385 e. The van der Waals surface area contributed by atoms with E-state index in [0.717, 1.165) is 25.1 Å². The van der Waals surface area contributed by atoms with Gasteiger partial charge in [-0.25, -0.2) is 0 Å². The maximum Gasteiger partial charge on any atom is 0.251 e. The molecule has 0 aromatic heterocycles. The number of benzene rings is 1. The maximum atomic E-state index is 12.3. The van der Waals surface area contributed by atoms with Crippen LogP contribution in [-0.2, 0) is 4.74 Å². The molecule has 4 heteroatoms. The van der Waals surface area contributed by atoms with Crippen molar-refractivity contribution in [1.82, 2.24) is 5.32 Å². The fourth-order valence-corrected chi connectivity index (χ4v) is 2.34. The van der Waals surface area contributed by atoms with Crippen molar-refractivity contribution in [3.63, 3.8) is 0 Å². The Bertz CT molecular complexity index is 458. The highest BCUT2D eigenvalue weighted by Crippen LogP contribution is 2.25. The second kappa shape index (κ2) is 6.27. The van der Waals surface area contributed by atoms with Crippen LogP contribution in [-0.4, -0.2) is 30.7 Å². The molecule has 2 unspecified atom stereocenters. The highest BCUT2D eigenvalue weighted by Gasteiger charge is 2.38. The summed E-state index contributed by atoms with van der Waals surface area (Å²) in [5, 5.41) is 6.40. The molecule has 20 heavy (non-hydrogen) atoms. The number of ether oxygens (including phenoxy) is 1. The average molecular weight is 276 g/mol. The van der Waals surface area contributed by atoms with E-state index in [2.05, 4.69) is 17.6 Å². The van der Waals surface area contributed by atoms with Crippen LogP contribution in [0, 0.1) is 0 Å². The zero-order valence-corrected chi connectivity index (χ0v) is 12.5. The van der Waals surface area contributed by atoms with E-state index in [4.69, 9.17) is 4.74 Å². The number of rotatable bonds is 5. The minimum atomic E-state index is -0.268. The first kappa shape index (κ1) is 14.9. The van der Waals surface area contributed by atoms with Gasteiger partial charge in [-0.05, 0) is 51.0 Å². The van der Waals surface area contributed by atoms with Crippen molar-refractivity contribution < 1.29 is 9.53 Å². The highest BCUT2D eigenvalue weighted by molar-refractivity contribution is 5.95. The van der Waals surface area contributed by atoms with Gasteiger partial charge in [0, 0.05) is 24.4 Å². The van der Waals surface area contributed by atoms with Crippen molar-refractivity contribution in [3.8, 4) is 0 Å². The fourth-order valence-electron chi connectivity index (χ4n) is 2.34. The Hall–Kier alpha value is -1.55. The Morgan fingerprint density at radius 3 is 2.65 bits per heavy atom. The molecule has 0 spiro atoms. The predicted octanol–water partition coefficient (Wildman–Crippen LogP) is 2.81. The van der Waals surface area contributed by atoms with E-state index in [1.807, 2.05) is 38.1 Å². The fraction of sp³-hybridized carbons (Fsp3) is 0.562. The Morgan fingerprint density at radius 2 is 2.10 bits per heavy atom. The van der Waals surface area contributed by atoms with Crippen LogP contribution in [0.15, 0.2) is 24.3 Å². The molecule has 110 valence electrons. The molecule has 1 aliphatic heterocycles. The third-order valence-corrected chi connectivity index (χ3v) is 4.01. The van der Waals surface area contributed by atoms with Crippen molar-refractivity contribution in [1.29, 1.82) is 0 Å². The summed E-state index contributed by atoms with van der Waals surface area (Å²) in [6, 6.07) is 7.61. The summed E-state index contributed by atoms with van der Waals surface area (Å²) in [7, 11) is 0. The van der Waals surface area contributed by atoms with Gasteiger partial charge in [-0.2, -0.15) is 0 Å². The molecule has 0 saturated carbocycles. The van der Waals surface area contributed by atoms with Crippen LogP contribution in [0.5, 0.6) is 0 Å². The number of carbonyl (C=O) groups excluding carboxylic acids is 1. The molecule has 1 aromatic rings. The summed E-state index contributed by atoms with van der Waals surface area (Å²) in [5.41, 5.74) is 1.47. The van der Waals surface area contributed by atoms with E-state index < -0.39 is 0 Å². The monoisotopic (exact) mass is 276 g/mol. The molecule has 0 radical (unpaired) electrons. The van der Waals surface area contributed by atoms with E-state index in [1.54, 1.807) is 0 Å². The lowest BCUT2D eigenvalue weighted by atomic mass is 9.94. The quantitative estimate of drug-likeness (QED) is 0.869. The summed E-state index contributed by atoms with van der Waals surface area (Å²) in [6.45, 7) is 7.82. The lowest BCUT2D eigenvalue weighted by Gasteiger charge is -2.28. The third kappa shape index (κ3) is 3.31. The van der Waals surface area contributed by atoms with Gasteiger partial charge in [-0.1, -0.05) is 6.92 Å². The normalized spacial score (nSPS) is 25.4. The minimum absolute atomic E-state index is 0.0353. The van der Waals surface area contributed by atoms with Gasteiger partial charge in [0.25, 0.3) is 5.91 Å². The Balaban J connectivity index is 1.99. The molecule has 1 heterocycles. The molecule has 2 atom stereocenters. The molecular formula is C16H24N2O2. The van der Waals surface area contributed by atoms with Gasteiger partial charge >= 0.3 is 0 Å². The summed E-state index contributed by atoms with van der Waals surface area (Å²) < 4.78 is 5.54. The van der Waals surface area contributed by atoms with Gasteiger partial charge in [0.1, 0.15) is 0 Å². The first-order valence-corrected chi connectivity index (χ1v) is 7.33. The zero-order chi connectivity index (χ0) is 14.6. The Kier molecular flexibility index (Phi) is 4.65. The molecule has 1 fully saturated rings. The van der Waals surface area contributed by atoms with Gasteiger partial charge in [0.15, 0.2) is 0 Å². The van der Waals surface area contributed by atoms with Gasteiger partial charge in [0.05, 0.1) is 11.6 Å². The molecule has 2 N–H and O–H groups in total. The first-order valence-electron chi connectivity index (χ1n) is 7.33. The lowest BCUT2D eigenvalue weighted by Crippen LogP contribution is -2.50. The third-order valence-electron chi connectivity index (χ3n) is 4.01. The van der Waals surface area contributed by atoms with E-state index in [9.17, 15) is 4.79 Å². The van der Waals surface area contributed by atoms with Crippen molar-refractivity contribution in [2.24, 2.45) is 0 Å². The highest BCUT2D eigenvalue weighted by atomic mass is 16.5. The molecule has 0 bridgehead atoms. The average Bonchev–Trinajstić information content (AvgIpc) is 2.76. The minimum Gasteiger partial charge on any atom is -0.385 e. The number of carbonyl (C=O) groups is 1. The van der Waals surface area contributed by atoms with Crippen LogP contribution in [0.1, 0.15) is 44.0 Å². The van der Waals surface area contributed by atoms with Crippen LogP contribution < -0.4 is 10.6 Å². The van der Waals surface area contributed by atoms with Crippen molar-refractivity contribution >= 4 is 11.6 Å². The summed E-state index contributed by atoms with van der Waals surface area (Å²) in [6.07, 6.45) is 1.99. The molecule has 1 amide bonds. The summed E-state index contributed by atoms with van der Waals surface area (Å²) in [5.74, 6) is -0.0353. The predicted molar refractivity (Wildman–Crippen MR) is 81.1 cm³/mol. The second-order valence-electron chi connectivity index (χ2n) is 5.64. The molecule has 4 nitrogen and oxygen atoms in total. The Morgan fingerprint density at radius 1 is 1.40 bits per heavy atom. The molecule has 1 aromatic carbocycles. The molecule has 2 rings (SSSR count).